The highest BCUT2D eigenvalue weighted by atomic mass is 79.9. The minimum Gasteiger partial charge on any atom is -0.386 e. The van der Waals surface area contributed by atoms with Gasteiger partial charge in [0.25, 0.3) is 0 Å². The number of rotatable bonds is 13. The first-order chi connectivity index (χ1) is 13.5. The summed E-state index contributed by atoms with van der Waals surface area (Å²) in [5.74, 6) is -9.82. The summed E-state index contributed by atoms with van der Waals surface area (Å²) >= 11 is 2.99. The summed E-state index contributed by atoms with van der Waals surface area (Å²) in [6.07, 6.45) is -6.01. The summed E-state index contributed by atoms with van der Waals surface area (Å²) in [6, 6.07) is 0. The first kappa shape index (κ1) is 28.3. The lowest BCUT2D eigenvalue weighted by Crippen LogP contribution is -2.82. The van der Waals surface area contributed by atoms with Crippen LogP contribution < -0.4 is 0 Å². The number of ketones is 6. The van der Waals surface area contributed by atoms with Gasteiger partial charge in [-0.25, -0.2) is 0 Å². The van der Waals surface area contributed by atoms with E-state index in [-0.39, 0.29) is 11.8 Å². The number of hydrogen-bond donors (Lipinski definition) is 5. The van der Waals surface area contributed by atoms with Gasteiger partial charge >= 0.3 is 0 Å². The Morgan fingerprint density at radius 2 is 1.30 bits per heavy atom. The summed E-state index contributed by atoms with van der Waals surface area (Å²) in [4.78, 5) is 73.2. The van der Waals surface area contributed by atoms with Gasteiger partial charge in [0.15, 0.2) is 28.7 Å². The number of carbonyl (C=O) groups excluding carboxylic acids is 6. The highest BCUT2D eigenvalue weighted by Gasteiger charge is 2.75. The molecule has 0 bridgehead atoms. The molecule has 0 fully saturated rings. The Labute approximate surface area is 180 Å². The quantitative estimate of drug-likeness (QED) is 0.103. The molecular formula is C18H25BrO11. The summed E-state index contributed by atoms with van der Waals surface area (Å²) < 4.78 is 0. The molecule has 0 aromatic rings. The van der Waals surface area contributed by atoms with Gasteiger partial charge in [-0.3, -0.25) is 28.8 Å². The van der Waals surface area contributed by atoms with Gasteiger partial charge in [0.1, 0.15) is 12.2 Å². The summed E-state index contributed by atoms with van der Waals surface area (Å²) in [5, 5.41) is 53.2. The van der Waals surface area contributed by atoms with Crippen LogP contribution in [0.2, 0.25) is 0 Å². The third-order valence-corrected chi connectivity index (χ3v) is 5.45. The molecule has 170 valence electrons. The van der Waals surface area contributed by atoms with Gasteiger partial charge in [0.2, 0.25) is 22.8 Å². The first-order valence-corrected chi connectivity index (χ1v) is 9.81. The van der Waals surface area contributed by atoms with Crippen molar-refractivity contribution in [3.8, 4) is 0 Å². The molecule has 0 spiro atoms. The molecule has 0 aliphatic rings. The molecule has 0 heterocycles. The lowest BCUT2D eigenvalue weighted by atomic mass is 9.60. The third kappa shape index (κ3) is 4.34. The van der Waals surface area contributed by atoms with E-state index in [0.29, 0.717) is 20.8 Å². The Kier molecular flexibility index (Phi) is 9.50. The zero-order valence-corrected chi connectivity index (χ0v) is 18.4. The highest BCUT2D eigenvalue weighted by molar-refractivity contribution is 9.09. The molecule has 0 saturated heterocycles. The van der Waals surface area contributed by atoms with E-state index >= 15 is 0 Å². The van der Waals surface area contributed by atoms with Gasteiger partial charge in [0.05, 0.1) is 0 Å². The van der Waals surface area contributed by atoms with E-state index in [1.165, 1.54) is 0 Å². The van der Waals surface area contributed by atoms with Crippen LogP contribution in [0.1, 0.15) is 40.5 Å². The van der Waals surface area contributed by atoms with E-state index in [1.807, 2.05) is 0 Å². The predicted molar refractivity (Wildman–Crippen MR) is 103 cm³/mol. The molecule has 1 unspecified atom stereocenters. The molecule has 0 aliphatic heterocycles. The van der Waals surface area contributed by atoms with Gasteiger partial charge in [-0.15, -0.1) is 0 Å². The van der Waals surface area contributed by atoms with Crippen molar-refractivity contribution in [2.24, 2.45) is 0 Å². The molecule has 0 rings (SSSR count). The minimum atomic E-state index is -4.13. The number of halogens is 1. The summed E-state index contributed by atoms with van der Waals surface area (Å²) in [7, 11) is 0. The van der Waals surface area contributed by atoms with Crippen LogP contribution in [0.15, 0.2) is 0 Å². The molecule has 30 heavy (non-hydrogen) atoms. The molecule has 0 aromatic carbocycles. The van der Waals surface area contributed by atoms with Crippen LogP contribution in [0.5, 0.6) is 0 Å². The van der Waals surface area contributed by atoms with Crippen molar-refractivity contribution in [1.29, 1.82) is 0 Å². The van der Waals surface area contributed by atoms with E-state index in [1.54, 1.807) is 0 Å². The zero-order valence-electron chi connectivity index (χ0n) is 16.8. The fourth-order valence-electron chi connectivity index (χ4n) is 3.05. The van der Waals surface area contributed by atoms with Crippen LogP contribution in [0.25, 0.3) is 0 Å². The molecule has 0 saturated carbocycles. The van der Waals surface area contributed by atoms with Crippen LogP contribution in [-0.2, 0) is 28.8 Å². The van der Waals surface area contributed by atoms with Crippen molar-refractivity contribution in [1.82, 2.24) is 0 Å². The van der Waals surface area contributed by atoms with Gasteiger partial charge < -0.3 is 25.5 Å². The fraction of sp³-hybridized carbons (Fsp3) is 0.667. The molecule has 12 heteroatoms. The van der Waals surface area contributed by atoms with Crippen molar-refractivity contribution < 1.29 is 54.3 Å². The maximum atomic E-state index is 12.7. The lowest BCUT2D eigenvalue weighted by molar-refractivity contribution is -0.250. The van der Waals surface area contributed by atoms with E-state index in [2.05, 4.69) is 15.9 Å². The fourth-order valence-corrected chi connectivity index (χ4v) is 3.33. The molecule has 0 aliphatic carbocycles. The third-order valence-electron chi connectivity index (χ3n) is 4.89. The zero-order chi connectivity index (χ0) is 24.2. The van der Waals surface area contributed by atoms with E-state index < -0.39 is 70.1 Å². The maximum absolute atomic E-state index is 12.7. The Morgan fingerprint density at radius 1 is 0.833 bits per heavy atom. The molecule has 0 aromatic heterocycles. The second-order valence-electron chi connectivity index (χ2n) is 6.90. The number of alkyl halides is 1. The van der Waals surface area contributed by atoms with Crippen LogP contribution in [0, 0.1) is 0 Å². The maximum Gasteiger partial charge on any atom is 0.241 e. The van der Waals surface area contributed by atoms with Crippen molar-refractivity contribution >= 4 is 50.6 Å². The summed E-state index contributed by atoms with van der Waals surface area (Å²) in [5.41, 5.74) is -12.1. The topological polar surface area (TPSA) is 204 Å². The van der Waals surface area contributed by atoms with Crippen molar-refractivity contribution in [2.45, 2.75) is 69.5 Å². The number of aliphatic hydroxyl groups excluding tert-OH is 2. The number of aliphatic hydroxyl groups is 5. The Balaban J connectivity index is 7.14. The second-order valence-corrected chi connectivity index (χ2v) is 7.69. The number of hydrogen-bond acceptors (Lipinski definition) is 11. The molecule has 11 nitrogen and oxygen atoms in total. The molecular weight excluding hydrogens is 472 g/mol. The predicted octanol–water partition coefficient (Wildman–Crippen LogP) is -2.43. The Hall–Kier alpha value is -1.70. The minimum absolute atomic E-state index is 0.0553. The van der Waals surface area contributed by atoms with Crippen LogP contribution in [0.3, 0.4) is 0 Å². The van der Waals surface area contributed by atoms with Crippen LogP contribution >= 0.6 is 15.9 Å². The first-order valence-electron chi connectivity index (χ1n) is 8.69. The van der Waals surface area contributed by atoms with E-state index in [0.717, 1.165) is 6.92 Å². The smallest absolute Gasteiger partial charge is 0.241 e. The van der Waals surface area contributed by atoms with Gasteiger partial charge in [-0.05, 0) is 34.1 Å². The summed E-state index contributed by atoms with van der Waals surface area (Å²) in [6.45, 7) is 2.19. The Bertz CT molecular complexity index is 763. The standard InChI is InChI=1S/C18H25BrO11/c1-8(20)13(25)15(27)17(29,10(3)22)18(30,11(4)23)16(28,9(2)21)14(26)12(24)6-5-7-19/h13,15,25,27-30H,5-7H2,1-4H3/t13?,15-,16+,17-,18-/m1/s1. The van der Waals surface area contributed by atoms with Gasteiger partial charge in [-0.2, -0.15) is 0 Å². The normalized spacial score (nSPS) is 19.4. The molecule has 0 radical (unpaired) electrons. The largest absolute Gasteiger partial charge is 0.386 e. The van der Waals surface area contributed by atoms with Crippen LogP contribution in [-0.4, -0.2) is 94.6 Å². The molecule has 0 amide bonds. The lowest BCUT2D eigenvalue weighted by Gasteiger charge is -2.49. The Morgan fingerprint density at radius 3 is 1.60 bits per heavy atom. The average molecular weight is 497 g/mol. The molecule has 5 atom stereocenters. The second kappa shape index (κ2) is 10.1. The van der Waals surface area contributed by atoms with Crippen LogP contribution in [0.4, 0.5) is 0 Å². The average Bonchev–Trinajstić information content (AvgIpc) is 2.67. The van der Waals surface area contributed by atoms with Crippen molar-refractivity contribution in [2.75, 3.05) is 5.33 Å². The van der Waals surface area contributed by atoms with E-state index in [4.69, 9.17) is 0 Å². The van der Waals surface area contributed by atoms with Gasteiger partial charge in [0, 0.05) is 11.8 Å². The van der Waals surface area contributed by atoms with E-state index in [9.17, 15) is 54.3 Å². The number of Topliss-reactive ketones (excluding diaryl/α,β-unsaturated/α-hetero) is 6. The highest BCUT2D eigenvalue weighted by Crippen LogP contribution is 2.40. The van der Waals surface area contributed by atoms with Crippen molar-refractivity contribution in [3.63, 3.8) is 0 Å². The molecule has 5 N–H and O–H groups in total. The SMILES string of the molecule is CC(=O)C(O)[C@@H](O)[C@](O)(C(C)=O)[C@@](O)(C(C)=O)[C@](O)(C(C)=O)C(=O)C(=O)CCCBr. The van der Waals surface area contributed by atoms with Crippen molar-refractivity contribution in [3.05, 3.63) is 0 Å². The van der Waals surface area contributed by atoms with Gasteiger partial charge in [-0.1, -0.05) is 15.9 Å². The number of carbonyl (C=O) groups is 6. The monoisotopic (exact) mass is 496 g/mol.